The third-order valence-electron chi connectivity index (χ3n) is 2.97. The summed E-state index contributed by atoms with van der Waals surface area (Å²) in [5.74, 6) is 0.678. The Hall–Kier alpha value is -2.36. The van der Waals surface area contributed by atoms with Crippen LogP contribution in [0.25, 0.3) is 10.9 Å². The van der Waals surface area contributed by atoms with Crippen LogP contribution >= 0.6 is 0 Å². The van der Waals surface area contributed by atoms with E-state index in [0.717, 1.165) is 16.6 Å². The molecule has 4 nitrogen and oxygen atoms in total. The van der Waals surface area contributed by atoms with E-state index in [-0.39, 0.29) is 0 Å². The molecule has 0 amide bonds. The van der Waals surface area contributed by atoms with Crippen LogP contribution in [0.2, 0.25) is 0 Å². The Labute approximate surface area is 105 Å². The molecule has 3 aromatic rings. The van der Waals surface area contributed by atoms with Gasteiger partial charge in [0.25, 0.3) is 0 Å². The second kappa shape index (κ2) is 4.14. The van der Waals surface area contributed by atoms with Gasteiger partial charge < -0.3 is 5.73 Å². The average molecular weight is 238 g/mol. The summed E-state index contributed by atoms with van der Waals surface area (Å²) in [6.45, 7) is 2.68. The first-order valence-corrected chi connectivity index (χ1v) is 5.86. The molecule has 0 saturated heterocycles. The smallest absolute Gasteiger partial charge is 0.122 e. The van der Waals surface area contributed by atoms with E-state index in [1.54, 1.807) is 16.9 Å². The maximum atomic E-state index is 5.81. The molecule has 0 atom stereocenters. The number of anilines is 1. The second-order valence-electron chi connectivity index (χ2n) is 4.39. The van der Waals surface area contributed by atoms with Gasteiger partial charge in [-0.15, -0.1) is 0 Å². The first-order chi connectivity index (χ1) is 8.72. The van der Waals surface area contributed by atoms with E-state index in [4.69, 9.17) is 5.73 Å². The number of rotatable bonds is 2. The van der Waals surface area contributed by atoms with E-state index in [9.17, 15) is 0 Å². The summed E-state index contributed by atoms with van der Waals surface area (Å²) >= 11 is 0. The van der Waals surface area contributed by atoms with Gasteiger partial charge in [0.2, 0.25) is 0 Å². The van der Waals surface area contributed by atoms with Gasteiger partial charge in [-0.2, -0.15) is 5.10 Å². The molecule has 0 radical (unpaired) electrons. The van der Waals surface area contributed by atoms with Crippen LogP contribution < -0.4 is 5.73 Å². The predicted octanol–water partition coefficient (Wildman–Crippen LogP) is 2.37. The van der Waals surface area contributed by atoms with E-state index in [2.05, 4.69) is 28.3 Å². The molecule has 0 fully saturated rings. The van der Waals surface area contributed by atoms with Crippen molar-refractivity contribution in [1.82, 2.24) is 14.8 Å². The number of benzene rings is 1. The summed E-state index contributed by atoms with van der Waals surface area (Å²) in [5.41, 5.74) is 9.03. The molecule has 0 unspecified atom stereocenters. The first kappa shape index (κ1) is 10.8. The van der Waals surface area contributed by atoms with Gasteiger partial charge in [0, 0.05) is 11.1 Å². The van der Waals surface area contributed by atoms with Crippen LogP contribution in [-0.2, 0) is 6.54 Å². The van der Waals surface area contributed by atoms with Crippen molar-refractivity contribution in [3.8, 4) is 0 Å². The molecule has 0 aliphatic heterocycles. The Morgan fingerprint density at radius 2 is 2.06 bits per heavy atom. The number of hydrogen-bond acceptors (Lipinski definition) is 3. The molecule has 90 valence electrons. The molecule has 2 aromatic heterocycles. The van der Waals surface area contributed by atoms with Crippen LogP contribution in [-0.4, -0.2) is 14.8 Å². The molecule has 3 rings (SSSR count). The summed E-state index contributed by atoms with van der Waals surface area (Å²) in [7, 11) is 0. The molecule has 0 aliphatic carbocycles. The molecule has 18 heavy (non-hydrogen) atoms. The highest BCUT2D eigenvalue weighted by atomic mass is 15.3. The monoisotopic (exact) mass is 238 g/mol. The number of fused-ring (bicyclic) bond motifs is 1. The number of nitrogens with two attached hydrogens (primary N) is 1. The second-order valence-corrected chi connectivity index (χ2v) is 4.39. The summed E-state index contributed by atoms with van der Waals surface area (Å²) in [5, 5.41) is 5.32. The number of nitrogens with zero attached hydrogens (tertiary/aromatic N) is 3. The van der Waals surface area contributed by atoms with Gasteiger partial charge in [0.15, 0.2) is 0 Å². The SMILES string of the molecule is Cc1ccc2cc(Cn3nccc3N)ccc2n1. The van der Waals surface area contributed by atoms with Gasteiger partial charge >= 0.3 is 0 Å². The topological polar surface area (TPSA) is 56.7 Å². The Morgan fingerprint density at radius 1 is 1.17 bits per heavy atom. The van der Waals surface area contributed by atoms with Crippen LogP contribution in [0.1, 0.15) is 11.3 Å². The van der Waals surface area contributed by atoms with E-state index in [0.29, 0.717) is 12.4 Å². The minimum atomic E-state index is 0.678. The maximum absolute atomic E-state index is 5.81. The van der Waals surface area contributed by atoms with Gasteiger partial charge in [-0.05, 0) is 36.8 Å². The van der Waals surface area contributed by atoms with E-state index >= 15 is 0 Å². The van der Waals surface area contributed by atoms with Crippen molar-refractivity contribution >= 4 is 16.7 Å². The highest BCUT2D eigenvalue weighted by molar-refractivity contribution is 5.79. The molecular weight excluding hydrogens is 224 g/mol. The zero-order valence-electron chi connectivity index (χ0n) is 10.2. The van der Waals surface area contributed by atoms with E-state index < -0.39 is 0 Å². The van der Waals surface area contributed by atoms with Crippen LogP contribution in [0.4, 0.5) is 5.82 Å². The van der Waals surface area contributed by atoms with Crippen molar-refractivity contribution in [3.63, 3.8) is 0 Å². The standard InChI is InChI=1S/C14H14N4/c1-10-2-4-12-8-11(3-5-13(12)17-10)9-18-14(15)6-7-16-18/h2-8H,9,15H2,1H3. The minimum Gasteiger partial charge on any atom is -0.384 e. The molecule has 0 spiro atoms. The zero-order valence-corrected chi connectivity index (χ0v) is 10.2. The fraction of sp³-hybridized carbons (Fsp3) is 0.143. The number of nitrogen functional groups attached to an aromatic ring is 1. The third-order valence-corrected chi connectivity index (χ3v) is 2.97. The largest absolute Gasteiger partial charge is 0.384 e. The van der Waals surface area contributed by atoms with E-state index in [1.165, 1.54) is 5.56 Å². The lowest BCUT2D eigenvalue weighted by atomic mass is 10.1. The van der Waals surface area contributed by atoms with Crippen molar-refractivity contribution in [1.29, 1.82) is 0 Å². The Kier molecular flexibility index (Phi) is 2.48. The first-order valence-electron chi connectivity index (χ1n) is 5.86. The lowest BCUT2D eigenvalue weighted by molar-refractivity contribution is 0.698. The van der Waals surface area contributed by atoms with Gasteiger partial charge in [0.1, 0.15) is 5.82 Å². The third kappa shape index (κ3) is 1.93. The maximum Gasteiger partial charge on any atom is 0.122 e. The summed E-state index contributed by atoms with van der Waals surface area (Å²) < 4.78 is 1.78. The van der Waals surface area contributed by atoms with Gasteiger partial charge in [-0.3, -0.25) is 4.98 Å². The summed E-state index contributed by atoms with van der Waals surface area (Å²) in [6, 6.07) is 12.1. The minimum absolute atomic E-state index is 0.678. The van der Waals surface area contributed by atoms with Crippen molar-refractivity contribution in [3.05, 3.63) is 53.9 Å². The van der Waals surface area contributed by atoms with Crippen molar-refractivity contribution in [2.75, 3.05) is 5.73 Å². The quantitative estimate of drug-likeness (QED) is 0.745. The van der Waals surface area contributed by atoms with Crippen LogP contribution in [0.5, 0.6) is 0 Å². The fourth-order valence-electron chi connectivity index (χ4n) is 2.02. The molecule has 2 heterocycles. The Balaban J connectivity index is 1.99. The highest BCUT2D eigenvalue weighted by Gasteiger charge is 2.02. The zero-order chi connectivity index (χ0) is 12.5. The normalized spacial score (nSPS) is 10.9. The predicted molar refractivity (Wildman–Crippen MR) is 72.2 cm³/mol. The molecule has 0 saturated carbocycles. The molecule has 0 bridgehead atoms. The summed E-state index contributed by atoms with van der Waals surface area (Å²) in [6.07, 6.45) is 1.71. The van der Waals surface area contributed by atoms with Gasteiger partial charge in [0.05, 0.1) is 18.3 Å². The van der Waals surface area contributed by atoms with Gasteiger partial charge in [-0.25, -0.2) is 4.68 Å². The van der Waals surface area contributed by atoms with Crippen LogP contribution in [0, 0.1) is 6.92 Å². The Bertz CT molecular complexity index is 700. The van der Waals surface area contributed by atoms with Crippen LogP contribution in [0.3, 0.4) is 0 Å². The Morgan fingerprint density at radius 3 is 2.83 bits per heavy atom. The van der Waals surface area contributed by atoms with Crippen molar-refractivity contribution in [2.45, 2.75) is 13.5 Å². The fourth-order valence-corrected chi connectivity index (χ4v) is 2.02. The highest BCUT2D eigenvalue weighted by Crippen LogP contribution is 2.16. The molecule has 1 aromatic carbocycles. The molecular formula is C14H14N4. The van der Waals surface area contributed by atoms with Gasteiger partial charge in [-0.1, -0.05) is 12.1 Å². The van der Waals surface area contributed by atoms with E-state index in [1.807, 2.05) is 19.1 Å². The number of aryl methyl sites for hydroxylation is 1. The number of hydrogen-bond donors (Lipinski definition) is 1. The van der Waals surface area contributed by atoms with Crippen LogP contribution in [0.15, 0.2) is 42.6 Å². The van der Waals surface area contributed by atoms with Crippen molar-refractivity contribution in [2.24, 2.45) is 0 Å². The lowest BCUT2D eigenvalue weighted by Crippen LogP contribution is -2.05. The number of aromatic nitrogens is 3. The summed E-state index contributed by atoms with van der Waals surface area (Å²) in [4.78, 5) is 4.48. The molecule has 0 aliphatic rings. The number of pyridine rings is 1. The average Bonchev–Trinajstić information content (AvgIpc) is 2.75. The molecule has 4 heteroatoms. The molecule has 2 N–H and O–H groups in total. The van der Waals surface area contributed by atoms with Crippen molar-refractivity contribution < 1.29 is 0 Å². The lowest BCUT2D eigenvalue weighted by Gasteiger charge is -2.06.